The molecule has 0 radical (unpaired) electrons. The molecule has 0 aliphatic heterocycles. The molecule has 0 aliphatic carbocycles. The Balaban J connectivity index is 2.71. The van der Waals surface area contributed by atoms with Crippen molar-refractivity contribution in [1.82, 2.24) is 5.32 Å². The van der Waals surface area contributed by atoms with E-state index in [1.165, 1.54) is 0 Å². The molecule has 0 bridgehead atoms. The standard InChI is InChI=1S/C13H18ClNO2/c1-3-15-11(8-13(16)17)7-10-4-5-12(14)9(2)6-10/h4-6,11,15H,3,7-8H2,1-2H3,(H,16,17). The van der Waals surface area contributed by atoms with Crippen LogP contribution in [-0.2, 0) is 11.2 Å². The van der Waals surface area contributed by atoms with Gasteiger partial charge in [-0.05, 0) is 37.1 Å². The molecule has 0 aliphatic rings. The Morgan fingerprint density at radius 2 is 2.24 bits per heavy atom. The van der Waals surface area contributed by atoms with Crippen LogP contribution in [0.4, 0.5) is 0 Å². The minimum absolute atomic E-state index is 0.0296. The second kappa shape index (κ2) is 6.62. The van der Waals surface area contributed by atoms with Crippen LogP contribution in [0, 0.1) is 6.92 Å². The monoisotopic (exact) mass is 255 g/mol. The number of hydrogen-bond acceptors (Lipinski definition) is 2. The SMILES string of the molecule is CCNC(CC(=O)O)Cc1ccc(Cl)c(C)c1. The van der Waals surface area contributed by atoms with Gasteiger partial charge in [0.2, 0.25) is 0 Å². The number of aryl methyl sites for hydroxylation is 1. The van der Waals surface area contributed by atoms with E-state index in [1.54, 1.807) is 0 Å². The summed E-state index contributed by atoms with van der Waals surface area (Å²) in [5.74, 6) is -0.776. The van der Waals surface area contributed by atoms with Crippen LogP contribution in [0.2, 0.25) is 5.02 Å². The first kappa shape index (κ1) is 14.0. The maximum Gasteiger partial charge on any atom is 0.304 e. The number of aliphatic carboxylic acids is 1. The second-order valence-corrected chi connectivity index (χ2v) is 4.55. The molecule has 0 aromatic heterocycles. The summed E-state index contributed by atoms with van der Waals surface area (Å²) >= 11 is 5.95. The van der Waals surface area contributed by atoms with Crippen molar-refractivity contribution < 1.29 is 9.90 Å². The Labute approximate surface area is 107 Å². The molecule has 17 heavy (non-hydrogen) atoms. The molecule has 94 valence electrons. The third kappa shape index (κ3) is 4.75. The number of carboxylic acid groups (broad SMARTS) is 1. The van der Waals surface area contributed by atoms with Gasteiger partial charge in [0.05, 0.1) is 6.42 Å². The summed E-state index contributed by atoms with van der Waals surface area (Å²) < 4.78 is 0. The second-order valence-electron chi connectivity index (χ2n) is 4.14. The van der Waals surface area contributed by atoms with E-state index in [0.717, 1.165) is 22.7 Å². The number of hydrogen-bond donors (Lipinski definition) is 2. The van der Waals surface area contributed by atoms with Crippen LogP contribution in [0.15, 0.2) is 18.2 Å². The Morgan fingerprint density at radius 1 is 1.53 bits per heavy atom. The van der Waals surface area contributed by atoms with Crippen molar-refractivity contribution in [1.29, 1.82) is 0 Å². The maximum absolute atomic E-state index is 10.7. The van der Waals surface area contributed by atoms with Gasteiger partial charge < -0.3 is 10.4 Å². The van der Waals surface area contributed by atoms with Crippen molar-refractivity contribution in [3.8, 4) is 0 Å². The Hall–Kier alpha value is -1.06. The van der Waals surface area contributed by atoms with Crippen LogP contribution in [0.5, 0.6) is 0 Å². The molecule has 1 aromatic carbocycles. The lowest BCUT2D eigenvalue weighted by Gasteiger charge is -2.16. The summed E-state index contributed by atoms with van der Waals surface area (Å²) in [5, 5.41) is 12.8. The first-order valence-corrected chi connectivity index (χ1v) is 6.11. The van der Waals surface area contributed by atoms with Gasteiger partial charge in [-0.2, -0.15) is 0 Å². The maximum atomic E-state index is 10.7. The molecule has 0 spiro atoms. The largest absolute Gasteiger partial charge is 0.481 e. The summed E-state index contributed by atoms with van der Waals surface area (Å²) in [6.45, 7) is 4.69. The molecular formula is C13H18ClNO2. The van der Waals surface area contributed by atoms with Gasteiger partial charge in [-0.3, -0.25) is 4.79 Å². The van der Waals surface area contributed by atoms with Crippen molar-refractivity contribution in [2.24, 2.45) is 0 Å². The smallest absolute Gasteiger partial charge is 0.304 e. The highest BCUT2D eigenvalue weighted by Gasteiger charge is 2.12. The lowest BCUT2D eigenvalue weighted by molar-refractivity contribution is -0.137. The van der Waals surface area contributed by atoms with E-state index in [2.05, 4.69) is 5.32 Å². The number of nitrogens with one attached hydrogen (secondary N) is 1. The molecule has 0 fully saturated rings. The van der Waals surface area contributed by atoms with Gasteiger partial charge in [0.15, 0.2) is 0 Å². The Morgan fingerprint density at radius 3 is 2.76 bits per heavy atom. The van der Waals surface area contributed by atoms with E-state index < -0.39 is 5.97 Å². The van der Waals surface area contributed by atoms with Crippen molar-refractivity contribution in [3.63, 3.8) is 0 Å². The molecule has 3 nitrogen and oxygen atoms in total. The number of carboxylic acids is 1. The van der Waals surface area contributed by atoms with E-state index in [4.69, 9.17) is 16.7 Å². The topological polar surface area (TPSA) is 49.3 Å². The van der Waals surface area contributed by atoms with Crippen molar-refractivity contribution >= 4 is 17.6 Å². The number of likely N-dealkylation sites (N-methyl/N-ethyl adjacent to an activating group) is 1. The third-order valence-corrected chi connectivity index (χ3v) is 3.04. The molecule has 0 saturated heterocycles. The summed E-state index contributed by atoms with van der Waals surface area (Å²) in [5.41, 5.74) is 2.13. The lowest BCUT2D eigenvalue weighted by atomic mass is 10.0. The fourth-order valence-electron chi connectivity index (χ4n) is 1.83. The number of rotatable bonds is 6. The number of halogens is 1. The predicted molar refractivity (Wildman–Crippen MR) is 69.6 cm³/mol. The molecule has 1 rings (SSSR count). The highest BCUT2D eigenvalue weighted by molar-refractivity contribution is 6.31. The van der Waals surface area contributed by atoms with Crippen molar-refractivity contribution in [3.05, 3.63) is 34.3 Å². The lowest BCUT2D eigenvalue weighted by Crippen LogP contribution is -2.33. The van der Waals surface area contributed by atoms with E-state index in [0.29, 0.717) is 6.42 Å². The van der Waals surface area contributed by atoms with Gasteiger partial charge in [0.1, 0.15) is 0 Å². The van der Waals surface area contributed by atoms with Gasteiger partial charge >= 0.3 is 5.97 Å². The zero-order valence-corrected chi connectivity index (χ0v) is 10.9. The predicted octanol–water partition coefficient (Wildman–Crippen LogP) is 2.64. The van der Waals surface area contributed by atoms with Crippen molar-refractivity contribution in [2.45, 2.75) is 32.7 Å². The summed E-state index contributed by atoms with van der Waals surface area (Å²) in [7, 11) is 0. The Bertz CT molecular complexity index is 393. The van der Waals surface area contributed by atoms with Crippen LogP contribution in [-0.4, -0.2) is 23.7 Å². The van der Waals surface area contributed by atoms with Gasteiger partial charge in [0.25, 0.3) is 0 Å². The van der Waals surface area contributed by atoms with Crippen LogP contribution in [0.1, 0.15) is 24.5 Å². The summed E-state index contributed by atoms with van der Waals surface area (Å²) in [6.07, 6.45) is 0.841. The molecule has 1 atom stereocenters. The summed E-state index contributed by atoms with van der Waals surface area (Å²) in [4.78, 5) is 10.7. The van der Waals surface area contributed by atoms with Crippen LogP contribution >= 0.6 is 11.6 Å². The zero-order valence-electron chi connectivity index (χ0n) is 10.2. The van der Waals surface area contributed by atoms with Gasteiger partial charge in [-0.25, -0.2) is 0 Å². The normalized spacial score (nSPS) is 12.4. The Kier molecular flexibility index (Phi) is 5.45. The van der Waals surface area contributed by atoms with Crippen LogP contribution < -0.4 is 5.32 Å². The summed E-state index contributed by atoms with van der Waals surface area (Å²) in [6, 6.07) is 5.78. The van der Waals surface area contributed by atoms with Crippen molar-refractivity contribution in [2.75, 3.05) is 6.54 Å². The van der Waals surface area contributed by atoms with Crippen LogP contribution in [0.25, 0.3) is 0 Å². The fraction of sp³-hybridized carbons (Fsp3) is 0.462. The molecule has 4 heteroatoms. The number of carbonyl (C=O) groups is 1. The minimum atomic E-state index is -0.776. The average molecular weight is 256 g/mol. The quantitative estimate of drug-likeness (QED) is 0.822. The average Bonchev–Trinajstić information content (AvgIpc) is 2.23. The van der Waals surface area contributed by atoms with Gasteiger partial charge in [-0.1, -0.05) is 30.7 Å². The highest BCUT2D eigenvalue weighted by Crippen LogP contribution is 2.17. The zero-order chi connectivity index (χ0) is 12.8. The highest BCUT2D eigenvalue weighted by atomic mass is 35.5. The van der Waals surface area contributed by atoms with E-state index in [9.17, 15) is 4.79 Å². The van der Waals surface area contributed by atoms with E-state index in [1.807, 2.05) is 32.0 Å². The van der Waals surface area contributed by atoms with Gasteiger partial charge in [0, 0.05) is 11.1 Å². The third-order valence-electron chi connectivity index (χ3n) is 2.62. The van der Waals surface area contributed by atoms with Gasteiger partial charge in [-0.15, -0.1) is 0 Å². The molecule has 2 N–H and O–H groups in total. The van der Waals surface area contributed by atoms with E-state index >= 15 is 0 Å². The first-order valence-electron chi connectivity index (χ1n) is 5.73. The van der Waals surface area contributed by atoms with Crippen LogP contribution in [0.3, 0.4) is 0 Å². The molecule has 0 heterocycles. The number of benzene rings is 1. The fourth-order valence-corrected chi connectivity index (χ4v) is 1.95. The molecule has 1 unspecified atom stereocenters. The molecular weight excluding hydrogens is 238 g/mol. The van der Waals surface area contributed by atoms with E-state index in [-0.39, 0.29) is 12.5 Å². The molecule has 0 amide bonds. The molecule has 0 saturated carbocycles. The minimum Gasteiger partial charge on any atom is -0.481 e. The first-order chi connectivity index (χ1) is 8.02. The molecule has 1 aromatic rings.